The van der Waals surface area contributed by atoms with E-state index in [9.17, 15) is 4.79 Å². The first-order chi connectivity index (χ1) is 9.31. The molecule has 2 rings (SSSR count). The Morgan fingerprint density at radius 2 is 1.79 bits per heavy atom. The summed E-state index contributed by atoms with van der Waals surface area (Å²) in [5.74, 6) is 0.327. The Morgan fingerprint density at radius 3 is 2.53 bits per heavy atom. The van der Waals surface area contributed by atoms with Crippen LogP contribution < -0.4 is 0 Å². The van der Waals surface area contributed by atoms with E-state index in [4.69, 9.17) is 5.11 Å². The minimum Gasteiger partial charge on any atom is -0.396 e. The maximum atomic E-state index is 12.2. The number of aliphatic hydroxyl groups is 1. The Balaban J connectivity index is 1.74. The molecule has 0 aromatic rings. The third-order valence-electron chi connectivity index (χ3n) is 4.53. The van der Waals surface area contributed by atoms with E-state index in [0.717, 1.165) is 32.6 Å². The van der Waals surface area contributed by atoms with Crippen LogP contribution in [0.1, 0.15) is 51.4 Å². The highest BCUT2D eigenvalue weighted by atomic mass is 16.3. The molecular formula is C15H28N2O2. The van der Waals surface area contributed by atoms with Gasteiger partial charge in [0.1, 0.15) is 0 Å². The quantitative estimate of drug-likeness (QED) is 0.824. The van der Waals surface area contributed by atoms with Crippen LogP contribution in [0.2, 0.25) is 0 Å². The van der Waals surface area contributed by atoms with E-state index < -0.39 is 0 Å². The maximum Gasteiger partial charge on any atom is 0.223 e. The SMILES string of the molecule is O=C(CCN1CCCCC1CCO)N1CCCCC1. The number of hydrogen-bond acceptors (Lipinski definition) is 3. The zero-order valence-corrected chi connectivity index (χ0v) is 12.0. The number of hydrogen-bond donors (Lipinski definition) is 1. The molecule has 19 heavy (non-hydrogen) atoms. The van der Waals surface area contributed by atoms with E-state index >= 15 is 0 Å². The fourth-order valence-corrected chi connectivity index (χ4v) is 3.37. The Hall–Kier alpha value is -0.610. The Kier molecular flexibility index (Phi) is 6.11. The third kappa shape index (κ3) is 4.46. The summed E-state index contributed by atoms with van der Waals surface area (Å²) in [5, 5.41) is 9.12. The molecule has 4 heteroatoms. The van der Waals surface area contributed by atoms with Crippen LogP contribution >= 0.6 is 0 Å². The lowest BCUT2D eigenvalue weighted by Crippen LogP contribution is -2.43. The van der Waals surface area contributed by atoms with Crippen molar-refractivity contribution in [1.29, 1.82) is 0 Å². The van der Waals surface area contributed by atoms with Crippen molar-refractivity contribution in [3.8, 4) is 0 Å². The van der Waals surface area contributed by atoms with Crippen molar-refractivity contribution in [2.45, 2.75) is 57.4 Å². The van der Waals surface area contributed by atoms with Crippen LogP contribution in [-0.2, 0) is 4.79 Å². The zero-order valence-electron chi connectivity index (χ0n) is 12.0. The number of carbonyl (C=O) groups excluding carboxylic acids is 1. The van der Waals surface area contributed by atoms with Crippen molar-refractivity contribution >= 4 is 5.91 Å². The van der Waals surface area contributed by atoms with Crippen molar-refractivity contribution in [2.24, 2.45) is 0 Å². The molecule has 1 atom stereocenters. The topological polar surface area (TPSA) is 43.8 Å². The van der Waals surface area contributed by atoms with Gasteiger partial charge in [-0.15, -0.1) is 0 Å². The first-order valence-corrected chi connectivity index (χ1v) is 7.94. The fraction of sp³-hybridized carbons (Fsp3) is 0.933. The normalized spacial score (nSPS) is 25.5. The largest absolute Gasteiger partial charge is 0.396 e. The maximum absolute atomic E-state index is 12.2. The van der Waals surface area contributed by atoms with Crippen molar-refractivity contribution in [1.82, 2.24) is 9.80 Å². The van der Waals surface area contributed by atoms with Gasteiger partial charge in [-0.3, -0.25) is 9.69 Å². The van der Waals surface area contributed by atoms with Gasteiger partial charge in [0, 0.05) is 38.7 Å². The Morgan fingerprint density at radius 1 is 1.05 bits per heavy atom. The molecule has 2 aliphatic heterocycles. The summed E-state index contributed by atoms with van der Waals surface area (Å²) in [5.41, 5.74) is 0. The summed E-state index contributed by atoms with van der Waals surface area (Å²) in [4.78, 5) is 16.6. The number of aliphatic hydroxyl groups excluding tert-OH is 1. The molecular weight excluding hydrogens is 240 g/mol. The lowest BCUT2D eigenvalue weighted by Gasteiger charge is -2.36. The average molecular weight is 268 g/mol. The molecule has 0 bridgehead atoms. The van der Waals surface area contributed by atoms with Crippen LogP contribution in [-0.4, -0.2) is 59.6 Å². The average Bonchev–Trinajstić information content (AvgIpc) is 2.47. The highest BCUT2D eigenvalue weighted by Gasteiger charge is 2.23. The van der Waals surface area contributed by atoms with E-state index in [2.05, 4.69) is 4.90 Å². The molecule has 1 unspecified atom stereocenters. The molecule has 0 aliphatic carbocycles. The predicted molar refractivity (Wildman–Crippen MR) is 76.0 cm³/mol. The summed E-state index contributed by atoms with van der Waals surface area (Å²) in [6.07, 6.45) is 8.80. The second-order valence-corrected chi connectivity index (χ2v) is 5.89. The van der Waals surface area contributed by atoms with Gasteiger partial charge >= 0.3 is 0 Å². The van der Waals surface area contributed by atoms with Gasteiger partial charge in [-0.25, -0.2) is 0 Å². The van der Waals surface area contributed by atoms with E-state index in [1.54, 1.807) is 0 Å². The summed E-state index contributed by atoms with van der Waals surface area (Å²) in [7, 11) is 0. The van der Waals surface area contributed by atoms with Gasteiger partial charge in [-0.2, -0.15) is 0 Å². The fourth-order valence-electron chi connectivity index (χ4n) is 3.37. The molecule has 1 N–H and O–H groups in total. The molecule has 2 fully saturated rings. The molecule has 4 nitrogen and oxygen atoms in total. The van der Waals surface area contributed by atoms with Gasteiger partial charge in [0.2, 0.25) is 5.91 Å². The van der Waals surface area contributed by atoms with E-state index in [1.807, 2.05) is 4.90 Å². The molecule has 110 valence electrons. The highest BCUT2D eigenvalue weighted by Crippen LogP contribution is 2.20. The van der Waals surface area contributed by atoms with Crippen molar-refractivity contribution in [3.05, 3.63) is 0 Å². The van der Waals surface area contributed by atoms with Gasteiger partial charge in [0.25, 0.3) is 0 Å². The monoisotopic (exact) mass is 268 g/mol. The number of nitrogens with zero attached hydrogens (tertiary/aromatic N) is 2. The van der Waals surface area contributed by atoms with Crippen LogP contribution in [0.4, 0.5) is 0 Å². The van der Waals surface area contributed by atoms with Crippen molar-refractivity contribution < 1.29 is 9.90 Å². The highest BCUT2D eigenvalue weighted by molar-refractivity contribution is 5.76. The first kappa shape index (κ1) is 14.8. The number of rotatable bonds is 5. The van der Waals surface area contributed by atoms with Crippen LogP contribution in [0.3, 0.4) is 0 Å². The van der Waals surface area contributed by atoms with E-state index in [1.165, 1.54) is 38.5 Å². The summed E-state index contributed by atoms with van der Waals surface area (Å²) < 4.78 is 0. The molecule has 0 saturated carbocycles. The summed E-state index contributed by atoms with van der Waals surface area (Å²) >= 11 is 0. The summed E-state index contributed by atoms with van der Waals surface area (Å²) in [6, 6.07) is 0.493. The minimum absolute atomic E-state index is 0.265. The lowest BCUT2D eigenvalue weighted by molar-refractivity contribution is -0.132. The predicted octanol–water partition coefficient (Wildman–Crippen LogP) is 1.63. The molecule has 2 aliphatic rings. The van der Waals surface area contributed by atoms with Gasteiger partial charge < -0.3 is 10.0 Å². The smallest absolute Gasteiger partial charge is 0.223 e. The number of likely N-dealkylation sites (tertiary alicyclic amines) is 2. The third-order valence-corrected chi connectivity index (χ3v) is 4.53. The van der Waals surface area contributed by atoms with Gasteiger partial charge in [0.05, 0.1) is 0 Å². The molecule has 0 aromatic carbocycles. The van der Waals surface area contributed by atoms with Crippen molar-refractivity contribution in [2.75, 3.05) is 32.8 Å². The van der Waals surface area contributed by atoms with Crippen molar-refractivity contribution in [3.63, 3.8) is 0 Å². The zero-order chi connectivity index (χ0) is 13.5. The second kappa shape index (κ2) is 7.85. The molecule has 1 amide bonds. The van der Waals surface area contributed by atoms with Crippen LogP contribution in [0.15, 0.2) is 0 Å². The molecule has 2 heterocycles. The number of piperidine rings is 2. The molecule has 0 aromatic heterocycles. The Bertz CT molecular complexity index is 275. The van der Waals surface area contributed by atoms with Gasteiger partial charge in [-0.05, 0) is 45.1 Å². The Labute approximate surface area is 116 Å². The minimum atomic E-state index is 0.265. The van der Waals surface area contributed by atoms with E-state index in [-0.39, 0.29) is 6.61 Å². The first-order valence-electron chi connectivity index (χ1n) is 7.94. The van der Waals surface area contributed by atoms with Gasteiger partial charge in [-0.1, -0.05) is 6.42 Å². The molecule has 0 radical (unpaired) electrons. The molecule has 2 saturated heterocycles. The second-order valence-electron chi connectivity index (χ2n) is 5.89. The van der Waals surface area contributed by atoms with Gasteiger partial charge in [0.15, 0.2) is 0 Å². The molecule has 0 spiro atoms. The van der Waals surface area contributed by atoms with E-state index in [0.29, 0.717) is 18.4 Å². The summed E-state index contributed by atoms with van der Waals surface area (Å²) in [6.45, 7) is 4.15. The van der Waals surface area contributed by atoms with Crippen LogP contribution in [0, 0.1) is 0 Å². The van der Waals surface area contributed by atoms with Crippen LogP contribution in [0.25, 0.3) is 0 Å². The number of carbonyl (C=O) groups is 1. The van der Waals surface area contributed by atoms with Crippen LogP contribution in [0.5, 0.6) is 0 Å². The lowest BCUT2D eigenvalue weighted by atomic mass is 9.99. The number of amides is 1. The standard InChI is InChI=1S/C15H28N2O2/c18-13-8-14-6-2-5-9-16(14)12-7-15(19)17-10-3-1-4-11-17/h14,18H,1-13H2.